The lowest BCUT2D eigenvalue weighted by Gasteiger charge is -2.27. The van der Waals surface area contributed by atoms with E-state index in [0.717, 1.165) is 48.6 Å². The molecule has 3 aromatic rings. The number of hydrogen-bond acceptors (Lipinski definition) is 5. The summed E-state index contributed by atoms with van der Waals surface area (Å²) in [5.41, 5.74) is 5.98. The second-order valence-electron chi connectivity index (χ2n) is 7.01. The smallest absolute Gasteiger partial charge is 0.255 e. The van der Waals surface area contributed by atoms with Crippen molar-refractivity contribution in [1.29, 1.82) is 0 Å². The van der Waals surface area contributed by atoms with Crippen molar-refractivity contribution in [2.75, 3.05) is 6.54 Å². The van der Waals surface area contributed by atoms with Gasteiger partial charge in [0.05, 0.1) is 17.0 Å². The highest BCUT2D eigenvalue weighted by Crippen LogP contribution is 2.22. The van der Waals surface area contributed by atoms with Crippen molar-refractivity contribution < 1.29 is 0 Å². The van der Waals surface area contributed by atoms with Gasteiger partial charge in [0, 0.05) is 61.8 Å². The average molecular weight is 364 g/mol. The Balaban J connectivity index is 1.59. The molecule has 4 heterocycles. The topological polar surface area (TPSA) is 79.7 Å². The van der Waals surface area contributed by atoms with Gasteiger partial charge in [0.15, 0.2) is 0 Å². The minimum absolute atomic E-state index is 0.0544. The van der Waals surface area contributed by atoms with Gasteiger partial charge < -0.3 is 4.98 Å². The van der Waals surface area contributed by atoms with Crippen molar-refractivity contribution >= 4 is 0 Å². The second-order valence-corrected chi connectivity index (χ2v) is 7.01. The fourth-order valence-electron chi connectivity index (χ4n) is 3.75. The summed E-state index contributed by atoms with van der Waals surface area (Å²) in [5, 5.41) is 4.61. The number of aromatic nitrogens is 5. The fraction of sp³-hybridized carbons (Fsp3) is 0.400. The molecule has 0 atom stereocenters. The molecule has 0 unspecified atom stereocenters. The van der Waals surface area contributed by atoms with Crippen LogP contribution in [0.1, 0.15) is 35.1 Å². The standard InChI is InChI=1S/C20H24N6O/c1-4-26-14(3)16(13(2)24-26)11-25-9-7-18-17(12-25)20(27)23-19(22-18)15-6-5-8-21-10-15/h5-6,8,10H,4,7,9,11-12H2,1-3H3,(H,22,23,27). The van der Waals surface area contributed by atoms with Crippen molar-refractivity contribution in [3.05, 3.63) is 63.1 Å². The summed E-state index contributed by atoms with van der Waals surface area (Å²) < 4.78 is 2.04. The van der Waals surface area contributed by atoms with Crippen LogP contribution in [-0.2, 0) is 26.1 Å². The van der Waals surface area contributed by atoms with Gasteiger partial charge in [-0.1, -0.05) is 0 Å². The van der Waals surface area contributed by atoms with E-state index in [-0.39, 0.29) is 5.56 Å². The molecule has 0 amide bonds. The molecule has 3 aromatic heterocycles. The predicted molar refractivity (Wildman–Crippen MR) is 103 cm³/mol. The zero-order valence-corrected chi connectivity index (χ0v) is 16.0. The summed E-state index contributed by atoms with van der Waals surface area (Å²) in [5.74, 6) is 0.594. The summed E-state index contributed by atoms with van der Waals surface area (Å²) in [6.45, 7) is 9.45. The van der Waals surface area contributed by atoms with Gasteiger partial charge in [-0.3, -0.25) is 19.4 Å². The van der Waals surface area contributed by atoms with E-state index in [1.807, 2.05) is 16.8 Å². The number of H-pyrrole nitrogens is 1. The number of aromatic amines is 1. The van der Waals surface area contributed by atoms with E-state index in [4.69, 9.17) is 4.98 Å². The van der Waals surface area contributed by atoms with E-state index in [1.165, 1.54) is 11.3 Å². The number of pyridine rings is 1. The van der Waals surface area contributed by atoms with Crippen LogP contribution < -0.4 is 5.56 Å². The Morgan fingerprint density at radius 3 is 2.85 bits per heavy atom. The van der Waals surface area contributed by atoms with Crippen LogP contribution in [0.3, 0.4) is 0 Å². The average Bonchev–Trinajstić information content (AvgIpc) is 2.96. The molecule has 0 spiro atoms. The lowest BCUT2D eigenvalue weighted by molar-refractivity contribution is 0.241. The zero-order valence-electron chi connectivity index (χ0n) is 16.0. The van der Waals surface area contributed by atoms with E-state index < -0.39 is 0 Å². The lowest BCUT2D eigenvalue weighted by atomic mass is 10.0. The molecule has 7 nitrogen and oxygen atoms in total. The molecule has 0 aromatic carbocycles. The summed E-state index contributed by atoms with van der Waals surface area (Å²) in [6, 6.07) is 3.75. The third kappa shape index (κ3) is 3.30. The molecule has 0 fully saturated rings. The molecule has 0 saturated carbocycles. The molecule has 7 heteroatoms. The first-order valence-corrected chi connectivity index (χ1v) is 9.34. The molecule has 1 aliphatic rings. The molecule has 1 aliphatic heterocycles. The Kier molecular flexibility index (Phi) is 4.61. The minimum Gasteiger partial charge on any atom is -0.306 e. The van der Waals surface area contributed by atoms with Crippen LogP contribution in [0.2, 0.25) is 0 Å². The Labute approximate surface area is 158 Å². The predicted octanol–water partition coefficient (Wildman–Crippen LogP) is 2.22. The molecule has 1 N–H and O–H groups in total. The van der Waals surface area contributed by atoms with Crippen molar-refractivity contribution in [1.82, 2.24) is 29.6 Å². The maximum absolute atomic E-state index is 12.7. The number of aryl methyl sites for hydroxylation is 2. The Hall–Kier alpha value is -2.80. The third-order valence-corrected chi connectivity index (χ3v) is 5.30. The van der Waals surface area contributed by atoms with Gasteiger partial charge in [-0.2, -0.15) is 5.10 Å². The summed E-state index contributed by atoms with van der Waals surface area (Å²) in [4.78, 5) is 26.7. The number of rotatable bonds is 4. The summed E-state index contributed by atoms with van der Waals surface area (Å²) in [6.07, 6.45) is 4.20. The molecule has 140 valence electrons. The number of nitrogens with zero attached hydrogens (tertiary/aromatic N) is 5. The van der Waals surface area contributed by atoms with Crippen LogP contribution in [0.4, 0.5) is 0 Å². The van der Waals surface area contributed by atoms with Crippen molar-refractivity contribution in [2.24, 2.45) is 0 Å². The van der Waals surface area contributed by atoms with Crippen LogP contribution in [0.5, 0.6) is 0 Å². The van der Waals surface area contributed by atoms with Crippen LogP contribution >= 0.6 is 0 Å². The van der Waals surface area contributed by atoms with E-state index in [1.54, 1.807) is 12.4 Å². The summed E-state index contributed by atoms with van der Waals surface area (Å²) in [7, 11) is 0. The second kappa shape index (κ2) is 7.08. The fourth-order valence-corrected chi connectivity index (χ4v) is 3.75. The van der Waals surface area contributed by atoms with Crippen molar-refractivity contribution in [2.45, 2.75) is 46.8 Å². The van der Waals surface area contributed by atoms with Gasteiger partial charge in [-0.05, 0) is 32.9 Å². The number of fused-ring (bicyclic) bond motifs is 1. The normalized spacial score (nSPS) is 14.3. The Morgan fingerprint density at radius 1 is 1.30 bits per heavy atom. The monoisotopic (exact) mass is 364 g/mol. The van der Waals surface area contributed by atoms with Crippen molar-refractivity contribution in [3.63, 3.8) is 0 Å². The first-order chi connectivity index (χ1) is 13.1. The highest BCUT2D eigenvalue weighted by molar-refractivity contribution is 5.53. The van der Waals surface area contributed by atoms with Crippen LogP contribution in [0.15, 0.2) is 29.3 Å². The van der Waals surface area contributed by atoms with E-state index in [2.05, 4.69) is 40.7 Å². The van der Waals surface area contributed by atoms with Gasteiger partial charge >= 0.3 is 0 Å². The van der Waals surface area contributed by atoms with Gasteiger partial charge in [0.2, 0.25) is 0 Å². The Bertz CT molecular complexity index is 1020. The highest BCUT2D eigenvalue weighted by Gasteiger charge is 2.23. The first-order valence-electron chi connectivity index (χ1n) is 9.34. The van der Waals surface area contributed by atoms with E-state index in [9.17, 15) is 4.79 Å². The van der Waals surface area contributed by atoms with Gasteiger partial charge in [-0.25, -0.2) is 4.98 Å². The SMILES string of the molecule is CCn1nc(C)c(CN2CCc3nc(-c4cccnc4)[nH]c(=O)c3C2)c1C. The highest BCUT2D eigenvalue weighted by atomic mass is 16.1. The Morgan fingerprint density at radius 2 is 2.15 bits per heavy atom. The quantitative estimate of drug-likeness (QED) is 0.768. The van der Waals surface area contributed by atoms with Crippen LogP contribution in [-0.4, -0.2) is 36.2 Å². The molecule has 4 rings (SSSR count). The maximum atomic E-state index is 12.7. The van der Waals surface area contributed by atoms with Gasteiger partial charge in [-0.15, -0.1) is 0 Å². The van der Waals surface area contributed by atoms with Crippen LogP contribution in [0, 0.1) is 13.8 Å². The van der Waals surface area contributed by atoms with Crippen LogP contribution in [0.25, 0.3) is 11.4 Å². The number of nitrogens with one attached hydrogen (secondary N) is 1. The zero-order chi connectivity index (χ0) is 19.0. The largest absolute Gasteiger partial charge is 0.306 e. The summed E-state index contributed by atoms with van der Waals surface area (Å²) >= 11 is 0. The molecule has 27 heavy (non-hydrogen) atoms. The molecule has 0 radical (unpaired) electrons. The lowest BCUT2D eigenvalue weighted by Crippen LogP contribution is -2.35. The molecular formula is C20H24N6O. The minimum atomic E-state index is -0.0544. The molecule has 0 bridgehead atoms. The third-order valence-electron chi connectivity index (χ3n) is 5.30. The van der Waals surface area contributed by atoms with Crippen molar-refractivity contribution in [3.8, 4) is 11.4 Å². The first kappa shape index (κ1) is 17.6. The molecule has 0 aliphatic carbocycles. The number of hydrogen-bond donors (Lipinski definition) is 1. The van der Waals surface area contributed by atoms with E-state index in [0.29, 0.717) is 12.4 Å². The molecule has 0 saturated heterocycles. The maximum Gasteiger partial charge on any atom is 0.255 e. The van der Waals surface area contributed by atoms with E-state index >= 15 is 0 Å². The molecular weight excluding hydrogens is 340 g/mol. The van der Waals surface area contributed by atoms with Gasteiger partial charge in [0.25, 0.3) is 5.56 Å². The van der Waals surface area contributed by atoms with Gasteiger partial charge in [0.1, 0.15) is 5.82 Å².